The van der Waals surface area contributed by atoms with E-state index in [9.17, 15) is 0 Å². The summed E-state index contributed by atoms with van der Waals surface area (Å²) in [5, 5.41) is 9.04. The van der Waals surface area contributed by atoms with Crippen LogP contribution in [0.2, 0.25) is 0 Å². The van der Waals surface area contributed by atoms with Gasteiger partial charge in [0.05, 0.1) is 13.2 Å². The van der Waals surface area contributed by atoms with E-state index in [1.807, 2.05) is 12.1 Å². The summed E-state index contributed by atoms with van der Waals surface area (Å²) in [6, 6.07) is 7.08. The minimum absolute atomic E-state index is 0.285. The van der Waals surface area contributed by atoms with Gasteiger partial charge in [-0.05, 0) is 6.07 Å². The third-order valence-corrected chi connectivity index (χ3v) is 1.63. The highest BCUT2D eigenvalue weighted by molar-refractivity contribution is 5.54. The average Bonchev–Trinajstić information content (AvgIpc) is 2.31. The molecule has 0 fully saturated rings. The lowest BCUT2D eigenvalue weighted by atomic mass is 10.2. The van der Waals surface area contributed by atoms with Crippen molar-refractivity contribution >= 4 is 6.08 Å². The average molecular weight is 218 g/mol. The second-order valence-corrected chi connectivity index (χ2v) is 2.88. The predicted molar refractivity (Wildman–Crippen MR) is 69.4 cm³/mol. The highest BCUT2D eigenvalue weighted by Gasteiger charge is 1.89. The molecule has 0 amide bonds. The first-order chi connectivity index (χ1) is 7.76. The normalized spacial score (nSPS) is 8.50. The lowest BCUT2D eigenvalue weighted by Crippen LogP contribution is -1.87. The number of hydrogen-bond donors (Lipinski definition) is 1. The Hall–Kier alpha value is -1.80. The van der Waals surface area contributed by atoms with Crippen molar-refractivity contribution in [1.82, 2.24) is 0 Å². The van der Waals surface area contributed by atoms with Gasteiger partial charge in [-0.3, -0.25) is 0 Å². The number of ether oxygens (including phenoxy) is 1. The number of benzene rings is 1. The van der Waals surface area contributed by atoms with Crippen LogP contribution in [0, 0.1) is 0 Å². The lowest BCUT2D eigenvalue weighted by molar-refractivity contribution is 0.194. The molecule has 0 heterocycles. The van der Waals surface area contributed by atoms with Crippen molar-refractivity contribution < 1.29 is 9.84 Å². The summed E-state index contributed by atoms with van der Waals surface area (Å²) in [5.41, 5.74) is 0.775. The maximum Gasteiger partial charge on any atom is 0.122 e. The zero-order chi connectivity index (χ0) is 12.2. The molecule has 86 valence electrons. The minimum atomic E-state index is 0.285. The van der Waals surface area contributed by atoms with Crippen molar-refractivity contribution in [1.29, 1.82) is 0 Å². The van der Waals surface area contributed by atoms with Gasteiger partial charge >= 0.3 is 0 Å². The smallest absolute Gasteiger partial charge is 0.122 e. The van der Waals surface area contributed by atoms with Gasteiger partial charge in [0, 0.05) is 5.56 Å². The van der Waals surface area contributed by atoms with Crippen molar-refractivity contribution in [3.8, 4) is 5.75 Å². The summed E-state index contributed by atoms with van der Waals surface area (Å²) in [6.45, 7) is 11.7. The molecule has 0 spiro atoms. The highest BCUT2D eigenvalue weighted by atomic mass is 16.5. The molecule has 0 aliphatic heterocycles. The van der Waals surface area contributed by atoms with Gasteiger partial charge in [0.15, 0.2) is 0 Å². The van der Waals surface area contributed by atoms with Crippen LogP contribution in [0.4, 0.5) is 0 Å². The first kappa shape index (κ1) is 14.2. The molecule has 0 radical (unpaired) electrons. The molecule has 0 aliphatic carbocycles. The molecule has 0 aliphatic rings. The van der Waals surface area contributed by atoms with Gasteiger partial charge in [0.25, 0.3) is 0 Å². The fraction of sp³-hybridized carbons (Fsp3) is 0.143. The van der Waals surface area contributed by atoms with Crippen LogP contribution in [0.1, 0.15) is 5.56 Å². The van der Waals surface area contributed by atoms with Gasteiger partial charge in [0.2, 0.25) is 0 Å². The van der Waals surface area contributed by atoms with Crippen molar-refractivity contribution in [2.75, 3.05) is 13.2 Å². The summed E-state index contributed by atoms with van der Waals surface area (Å²) in [4.78, 5) is 0. The molecule has 0 aromatic heterocycles. The van der Waals surface area contributed by atoms with E-state index < -0.39 is 0 Å². The quantitative estimate of drug-likeness (QED) is 0.606. The molecule has 1 N–H and O–H groups in total. The first-order valence-electron chi connectivity index (χ1n) is 4.96. The Bertz CT molecular complexity index is 321. The van der Waals surface area contributed by atoms with Crippen LogP contribution in [0.5, 0.6) is 5.75 Å². The van der Waals surface area contributed by atoms with Crippen LogP contribution < -0.4 is 0 Å². The fourth-order valence-corrected chi connectivity index (χ4v) is 0.895. The van der Waals surface area contributed by atoms with Crippen LogP contribution >= 0.6 is 0 Å². The molecule has 2 heteroatoms. The second-order valence-electron chi connectivity index (χ2n) is 2.88. The largest absolute Gasteiger partial charge is 0.507 e. The second kappa shape index (κ2) is 9.74. The van der Waals surface area contributed by atoms with Crippen LogP contribution in [0.3, 0.4) is 0 Å². The van der Waals surface area contributed by atoms with E-state index in [4.69, 9.17) is 9.84 Å². The zero-order valence-corrected chi connectivity index (χ0v) is 9.43. The number of phenolic OH excluding ortho intramolecular Hbond substituents is 1. The maximum atomic E-state index is 9.04. The Morgan fingerprint density at radius 3 is 2.00 bits per heavy atom. The van der Waals surface area contributed by atoms with Gasteiger partial charge in [-0.15, -0.1) is 13.2 Å². The maximum absolute atomic E-state index is 9.04. The molecule has 1 aromatic rings. The van der Waals surface area contributed by atoms with Gasteiger partial charge in [0.1, 0.15) is 5.75 Å². The van der Waals surface area contributed by atoms with E-state index in [-0.39, 0.29) is 5.75 Å². The summed E-state index contributed by atoms with van der Waals surface area (Å²) >= 11 is 0. The monoisotopic (exact) mass is 218 g/mol. The van der Waals surface area contributed by atoms with E-state index in [2.05, 4.69) is 19.7 Å². The molecule has 2 nitrogen and oxygen atoms in total. The van der Waals surface area contributed by atoms with E-state index >= 15 is 0 Å². The third kappa shape index (κ3) is 6.62. The zero-order valence-electron chi connectivity index (χ0n) is 9.43. The summed E-state index contributed by atoms with van der Waals surface area (Å²) in [6.07, 6.45) is 5.04. The summed E-state index contributed by atoms with van der Waals surface area (Å²) in [7, 11) is 0. The predicted octanol–water partition coefficient (Wildman–Crippen LogP) is 3.41. The van der Waals surface area contributed by atoms with Gasteiger partial charge < -0.3 is 9.84 Å². The molecule has 16 heavy (non-hydrogen) atoms. The molecule has 0 saturated carbocycles. The molecule has 0 saturated heterocycles. The molecular weight excluding hydrogens is 200 g/mol. The van der Waals surface area contributed by atoms with Crippen molar-refractivity contribution in [2.24, 2.45) is 0 Å². The molecule has 0 atom stereocenters. The van der Waals surface area contributed by atoms with E-state index in [0.717, 1.165) is 5.56 Å². The number of phenols is 1. The SMILES string of the molecule is C=CCOCC=C.C=Cc1ccccc1O. The topological polar surface area (TPSA) is 29.5 Å². The van der Waals surface area contributed by atoms with E-state index in [1.165, 1.54) is 0 Å². The van der Waals surface area contributed by atoms with Crippen molar-refractivity contribution in [3.05, 3.63) is 61.7 Å². The summed E-state index contributed by atoms with van der Waals surface area (Å²) < 4.78 is 4.90. The molecule has 0 bridgehead atoms. The molecule has 0 unspecified atom stereocenters. The number of hydrogen-bond acceptors (Lipinski definition) is 2. The minimum Gasteiger partial charge on any atom is -0.507 e. The lowest BCUT2D eigenvalue weighted by Gasteiger charge is -1.93. The standard InChI is InChI=1S/C8H8O.C6H10O/c1-2-7-5-3-4-6-8(7)9;1-3-5-7-6-4-2/h2-6,9H,1H2;3-4H,1-2,5-6H2. The fourth-order valence-electron chi connectivity index (χ4n) is 0.895. The Balaban J connectivity index is 0.000000293. The van der Waals surface area contributed by atoms with E-state index in [1.54, 1.807) is 30.4 Å². The van der Waals surface area contributed by atoms with Crippen LogP contribution in [0.25, 0.3) is 6.08 Å². The Labute approximate surface area is 97.2 Å². The number of rotatable bonds is 5. The van der Waals surface area contributed by atoms with Crippen LogP contribution in [-0.4, -0.2) is 18.3 Å². The Morgan fingerprint density at radius 2 is 1.62 bits per heavy atom. The highest BCUT2D eigenvalue weighted by Crippen LogP contribution is 2.15. The van der Waals surface area contributed by atoms with Crippen molar-refractivity contribution in [2.45, 2.75) is 0 Å². The van der Waals surface area contributed by atoms with Crippen LogP contribution in [-0.2, 0) is 4.74 Å². The molecule has 1 rings (SSSR count). The number of para-hydroxylation sites is 1. The molecular formula is C14H18O2. The summed E-state index contributed by atoms with van der Waals surface area (Å²) in [5.74, 6) is 0.285. The Kier molecular flexibility index (Phi) is 8.65. The van der Waals surface area contributed by atoms with Gasteiger partial charge in [-0.25, -0.2) is 0 Å². The van der Waals surface area contributed by atoms with E-state index in [0.29, 0.717) is 13.2 Å². The third-order valence-electron chi connectivity index (χ3n) is 1.63. The van der Waals surface area contributed by atoms with Gasteiger partial charge in [-0.2, -0.15) is 0 Å². The van der Waals surface area contributed by atoms with Crippen molar-refractivity contribution in [3.63, 3.8) is 0 Å². The Morgan fingerprint density at radius 1 is 1.06 bits per heavy atom. The first-order valence-corrected chi connectivity index (χ1v) is 4.96. The van der Waals surface area contributed by atoms with Crippen LogP contribution in [0.15, 0.2) is 56.2 Å². The number of aromatic hydroxyl groups is 1. The van der Waals surface area contributed by atoms with Gasteiger partial charge in [-0.1, -0.05) is 43.0 Å². The molecule has 1 aromatic carbocycles.